The highest BCUT2D eigenvalue weighted by molar-refractivity contribution is 5.75. The Morgan fingerprint density at radius 2 is 1.90 bits per heavy atom. The largest absolute Gasteiger partial charge is 0.406 e. The second kappa shape index (κ2) is 10.5. The van der Waals surface area contributed by atoms with Gasteiger partial charge in [-0.2, -0.15) is 13.2 Å². The van der Waals surface area contributed by atoms with Gasteiger partial charge in [-0.15, -0.1) is 0 Å². The zero-order chi connectivity index (χ0) is 21.4. The van der Waals surface area contributed by atoms with Gasteiger partial charge in [0.25, 0.3) is 0 Å². The lowest BCUT2D eigenvalue weighted by atomic mass is 10.0. The molecule has 1 aromatic carbocycles. The number of aliphatic hydroxyl groups is 1. The van der Waals surface area contributed by atoms with Crippen molar-refractivity contribution in [3.8, 4) is 0 Å². The second-order valence-corrected chi connectivity index (χ2v) is 7.30. The van der Waals surface area contributed by atoms with Crippen LogP contribution in [0.2, 0.25) is 0 Å². The average Bonchev–Trinajstić information content (AvgIpc) is 2.68. The highest BCUT2D eigenvalue weighted by Crippen LogP contribution is 2.24. The van der Waals surface area contributed by atoms with Crippen LogP contribution in [0.4, 0.5) is 18.0 Å². The molecule has 162 valence electrons. The van der Waals surface area contributed by atoms with E-state index in [-0.39, 0.29) is 38.7 Å². The summed E-state index contributed by atoms with van der Waals surface area (Å²) >= 11 is 0. The molecule has 0 spiro atoms. The Morgan fingerprint density at radius 1 is 1.21 bits per heavy atom. The number of amides is 3. The van der Waals surface area contributed by atoms with E-state index in [0.717, 1.165) is 11.3 Å². The molecule has 0 aromatic heterocycles. The summed E-state index contributed by atoms with van der Waals surface area (Å²) < 4.78 is 39.6. The summed E-state index contributed by atoms with van der Waals surface area (Å²) in [5, 5.41) is 9.28. The Morgan fingerprint density at radius 3 is 2.45 bits per heavy atom. The number of benzene rings is 1. The molecule has 1 aliphatic heterocycles. The zero-order valence-electron chi connectivity index (χ0n) is 16.5. The van der Waals surface area contributed by atoms with Gasteiger partial charge in [0.1, 0.15) is 6.54 Å². The van der Waals surface area contributed by atoms with Crippen LogP contribution in [0.3, 0.4) is 0 Å². The molecule has 3 amide bonds. The molecule has 1 saturated heterocycles. The molecule has 0 saturated carbocycles. The molecule has 1 aliphatic rings. The molecule has 2 atom stereocenters. The number of hydrogen-bond acceptors (Lipinski definition) is 3. The lowest BCUT2D eigenvalue weighted by Crippen LogP contribution is -2.62. The number of aliphatic hydroxyl groups excluding tert-OH is 1. The standard InChI is InChI=1S/C20H28F3N3O3/c1-2-6-18-12-25(15-28)17(9-10-27)13-26(18)19(29)24(14-20(21,22)23)11-16-7-4-3-5-8-16/h3-5,7-8,15,17-18,27H,2,6,9-14H2,1H3. The van der Waals surface area contributed by atoms with E-state index in [1.807, 2.05) is 6.92 Å². The maximum absolute atomic E-state index is 13.2. The minimum absolute atomic E-state index is 0.103. The van der Waals surface area contributed by atoms with Crippen molar-refractivity contribution in [1.82, 2.24) is 14.7 Å². The maximum atomic E-state index is 13.2. The summed E-state index contributed by atoms with van der Waals surface area (Å²) in [7, 11) is 0. The monoisotopic (exact) mass is 415 g/mol. The van der Waals surface area contributed by atoms with Gasteiger partial charge in [-0.1, -0.05) is 43.7 Å². The van der Waals surface area contributed by atoms with E-state index in [4.69, 9.17) is 0 Å². The fourth-order valence-corrected chi connectivity index (χ4v) is 3.71. The number of rotatable bonds is 8. The summed E-state index contributed by atoms with van der Waals surface area (Å²) in [4.78, 5) is 28.4. The van der Waals surface area contributed by atoms with E-state index < -0.39 is 24.8 Å². The first kappa shape index (κ1) is 23.0. The number of carbonyl (C=O) groups is 2. The maximum Gasteiger partial charge on any atom is 0.406 e. The lowest BCUT2D eigenvalue weighted by Gasteiger charge is -2.46. The Hall–Kier alpha value is -2.29. The van der Waals surface area contributed by atoms with Crippen molar-refractivity contribution in [1.29, 1.82) is 0 Å². The number of nitrogens with zero attached hydrogens (tertiary/aromatic N) is 3. The van der Waals surface area contributed by atoms with Gasteiger partial charge >= 0.3 is 12.2 Å². The molecule has 1 fully saturated rings. The van der Waals surface area contributed by atoms with Crippen molar-refractivity contribution in [2.24, 2.45) is 0 Å². The van der Waals surface area contributed by atoms with Gasteiger partial charge < -0.3 is 19.8 Å². The number of alkyl halides is 3. The number of piperazine rings is 1. The molecule has 9 heteroatoms. The predicted octanol–water partition coefficient (Wildman–Crippen LogP) is 2.86. The first-order chi connectivity index (χ1) is 13.8. The average molecular weight is 415 g/mol. The van der Waals surface area contributed by atoms with Crippen LogP contribution in [0.25, 0.3) is 0 Å². The van der Waals surface area contributed by atoms with Crippen LogP contribution in [0.15, 0.2) is 30.3 Å². The van der Waals surface area contributed by atoms with E-state index in [9.17, 15) is 27.9 Å². The molecule has 2 unspecified atom stereocenters. The third-order valence-electron chi connectivity index (χ3n) is 5.06. The van der Waals surface area contributed by atoms with Crippen LogP contribution in [-0.4, -0.2) is 76.7 Å². The number of carbonyl (C=O) groups excluding carboxylic acids is 2. The molecule has 1 heterocycles. The molecule has 0 aliphatic carbocycles. The molecule has 1 aromatic rings. The summed E-state index contributed by atoms with van der Waals surface area (Å²) in [6.07, 6.45) is -2.28. The van der Waals surface area contributed by atoms with Gasteiger partial charge in [0.15, 0.2) is 0 Å². The summed E-state index contributed by atoms with van der Waals surface area (Å²) in [6.45, 7) is 0.594. The van der Waals surface area contributed by atoms with Crippen LogP contribution >= 0.6 is 0 Å². The molecule has 0 bridgehead atoms. The third kappa shape index (κ3) is 6.62. The lowest BCUT2D eigenvalue weighted by molar-refractivity contribution is -0.143. The fraction of sp³-hybridized carbons (Fsp3) is 0.600. The van der Waals surface area contributed by atoms with Crippen LogP contribution in [0.5, 0.6) is 0 Å². The fourth-order valence-electron chi connectivity index (χ4n) is 3.71. The minimum Gasteiger partial charge on any atom is -0.396 e. The Balaban J connectivity index is 2.27. The molecule has 6 nitrogen and oxygen atoms in total. The van der Waals surface area contributed by atoms with E-state index in [1.165, 1.54) is 9.80 Å². The van der Waals surface area contributed by atoms with E-state index in [0.29, 0.717) is 18.4 Å². The van der Waals surface area contributed by atoms with Gasteiger partial charge in [-0.3, -0.25) is 4.79 Å². The van der Waals surface area contributed by atoms with E-state index >= 15 is 0 Å². The van der Waals surface area contributed by atoms with Gasteiger partial charge in [0.05, 0.1) is 12.1 Å². The van der Waals surface area contributed by atoms with E-state index in [2.05, 4.69) is 0 Å². The van der Waals surface area contributed by atoms with Crippen LogP contribution in [0.1, 0.15) is 31.7 Å². The second-order valence-electron chi connectivity index (χ2n) is 7.30. The van der Waals surface area contributed by atoms with Crippen molar-refractivity contribution < 1.29 is 27.9 Å². The molecule has 29 heavy (non-hydrogen) atoms. The first-order valence-corrected chi connectivity index (χ1v) is 9.77. The number of urea groups is 1. The minimum atomic E-state index is -4.53. The highest BCUT2D eigenvalue weighted by Gasteiger charge is 2.40. The third-order valence-corrected chi connectivity index (χ3v) is 5.06. The van der Waals surface area contributed by atoms with Crippen LogP contribution in [-0.2, 0) is 11.3 Å². The van der Waals surface area contributed by atoms with E-state index in [1.54, 1.807) is 30.3 Å². The topological polar surface area (TPSA) is 64.1 Å². The molecule has 0 radical (unpaired) electrons. The van der Waals surface area contributed by atoms with Gasteiger partial charge in [-0.05, 0) is 18.4 Å². The van der Waals surface area contributed by atoms with Crippen molar-refractivity contribution in [2.75, 3.05) is 26.2 Å². The smallest absolute Gasteiger partial charge is 0.396 e. The molecule has 1 N–H and O–H groups in total. The molecule has 2 rings (SSSR count). The van der Waals surface area contributed by atoms with Crippen molar-refractivity contribution in [3.05, 3.63) is 35.9 Å². The van der Waals surface area contributed by atoms with Crippen molar-refractivity contribution >= 4 is 12.4 Å². The van der Waals surface area contributed by atoms with Crippen molar-refractivity contribution in [3.63, 3.8) is 0 Å². The quantitative estimate of drug-likeness (QED) is 0.664. The number of halogens is 3. The van der Waals surface area contributed by atoms with Gasteiger partial charge in [0.2, 0.25) is 6.41 Å². The van der Waals surface area contributed by atoms with Gasteiger partial charge in [0, 0.05) is 26.2 Å². The zero-order valence-corrected chi connectivity index (χ0v) is 16.5. The molecular formula is C20H28F3N3O3. The normalized spacial score (nSPS) is 19.9. The molecular weight excluding hydrogens is 387 g/mol. The SMILES string of the molecule is CCCC1CN(C=O)C(CCO)CN1C(=O)N(Cc1ccccc1)CC(F)(F)F. The van der Waals surface area contributed by atoms with Crippen molar-refractivity contribution in [2.45, 2.75) is 51.0 Å². The summed E-state index contributed by atoms with van der Waals surface area (Å²) in [5.41, 5.74) is 0.607. The highest BCUT2D eigenvalue weighted by atomic mass is 19.4. The van der Waals surface area contributed by atoms with Crippen LogP contribution < -0.4 is 0 Å². The van der Waals surface area contributed by atoms with Gasteiger partial charge in [-0.25, -0.2) is 4.79 Å². The summed E-state index contributed by atoms with van der Waals surface area (Å²) in [5.74, 6) is 0. The van der Waals surface area contributed by atoms with Crippen LogP contribution in [0, 0.1) is 0 Å². The Kier molecular flexibility index (Phi) is 8.31. The Bertz CT molecular complexity index is 657. The summed E-state index contributed by atoms with van der Waals surface area (Å²) in [6, 6.07) is 7.07. The Labute approximate surface area is 168 Å². The predicted molar refractivity (Wildman–Crippen MR) is 102 cm³/mol. The number of hydrogen-bond donors (Lipinski definition) is 1. The first-order valence-electron chi connectivity index (χ1n) is 9.77.